The molecule has 0 radical (unpaired) electrons. The minimum absolute atomic E-state index is 0.623. The minimum Gasteiger partial charge on any atom is -0.481 e. The van der Waals surface area contributed by atoms with Crippen LogP contribution < -0.4 is 4.90 Å². The standard InChI is InChI=1S/C16H18N2O2S/c1-16(2,14(19)20)13-10-21-15(17-13)18-9-5-7-11-6-3-4-8-12(11)18/h3-4,6,8,10H,5,7,9H2,1-2H3,(H,19,20). The summed E-state index contributed by atoms with van der Waals surface area (Å²) in [6, 6.07) is 8.35. The number of carboxylic acids is 1. The highest BCUT2D eigenvalue weighted by Crippen LogP contribution is 2.37. The maximum absolute atomic E-state index is 11.4. The van der Waals surface area contributed by atoms with E-state index in [1.54, 1.807) is 13.8 Å². The highest BCUT2D eigenvalue weighted by Gasteiger charge is 2.33. The van der Waals surface area contributed by atoms with Gasteiger partial charge in [0.15, 0.2) is 5.13 Å². The van der Waals surface area contributed by atoms with E-state index in [9.17, 15) is 9.90 Å². The van der Waals surface area contributed by atoms with Crippen molar-refractivity contribution in [3.8, 4) is 0 Å². The van der Waals surface area contributed by atoms with Crippen LogP contribution >= 0.6 is 11.3 Å². The molecule has 1 N–H and O–H groups in total. The second kappa shape index (κ2) is 5.15. The van der Waals surface area contributed by atoms with E-state index < -0.39 is 11.4 Å². The third kappa shape index (κ3) is 2.42. The van der Waals surface area contributed by atoms with E-state index in [-0.39, 0.29) is 0 Å². The van der Waals surface area contributed by atoms with Crippen LogP contribution in [0.3, 0.4) is 0 Å². The molecule has 0 atom stereocenters. The quantitative estimate of drug-likeness (QED) is 0.941. The molecule has 1 aromatic carbocycles. The Kier molecular flexibility index (Phi) is 3.45. The number of benzene rings is 1. The van der Waals surface area contributed by atoms with Gasteiger partial charge in [0.1, 0.15) is 5.41 Å². The Bertz CT molecular complexity index is 678. The lowest BCUT2D eigenvalue weighted by Gasteiger charge is -2.29. The van der Waals surface area contributed by atoms with Gasteiger partial charge in [0, 0.05) is 17.6 Å². The predicted molar refractivity (Wildman–Crippen MR) is 84.5 cm³/mol. The second-order valence-corrected chi connectivity index (χ2v) is 6.67. The number of rotatable bonds is 3. The lowest BCUT2D eigenvalue weighted by Crippen LogP contribution is -2.29. The van der Waals surface area contributed by atoms with Crippen LogP contribution in [0.1, 0.15) is 31.5 Å². The van der Waals surface area contributed by atoms with Gasteiger partial charge in [-0.25, -0.2) is 4.98 Å². The molecule has 2 heterocycles. The summed E-state index contributed by atoms with van der Waals surface area (Å²) in [7, 11) is 0. The van der Waals surface area contributed by atoms with Gasteiger partial charge in [-0.05, 0) is 38.3 Å². The number of anilines is 2. The summed E-state index contributed by atoms with van der Waals surface area (Å²) in [5.74, 6) is -0.849. The Morgan fingerprint density at radius 1 is 1.38 bits per heavy atom. The molecule has 0 unspecified atom stereocenters. The molecular formula is C16H18N2O2S. The molecule has 1 aromatic heterocycles. The van der Waals surface area contributed by atoms with Crippen molar-refractivity contribution in [1.29, 1.82) is 0 Å². The maximum Gasteiger partial charge on any atom is 0.315 e. The van der Waals surface area contributed by atoms with Gasteiger partial charge >= 0.3 is 5.97 Å². The van der Waals surface area contributed by atoms with Crippen LogP contribution in [-0.2, 0) is 16.6 Å². The Labute approximate surface area is 128 Å². The van der Waals surface area contributed by atoms with Gasteiger partial charge in [-0.15, -0.1) is 11.3 Å². The van der Waals surface area contributed by atoms with Crippen LogP contribution in [0.5, 0.6) is 0 Å². The van der Waals surface area contributed by atoms with Crippen molar-refractivity contribution in [3.63, 3.8) is 0 Å². The number of aromatic nitrogens is 1. The number of aliphatic carboxylic acids is 1. The number of fused-ring (bicyclic) bond motifs is 1. The first kappa shape index (κ1) is 14.1. The fraction of sp³-hybridized carbons (Fsp3) is 0.375. The smallest absolute Gasteiger partial charge is 0.315 e. The highest BCUT2D eigenvalue weighted by atomic mass is 32.1. The molecule has 0 amide bonds. The largest absolute Gasteiger partial charge is 0.481 e. The summed E-state index contributed by atoms with van der Waals surface area (Å²) in [4.78, 5) is 18.1. The molecule has 3 rings (SSSR count). The summed E-state index contributed by atoms with van der Waals surface area (Å²) >= 11 is 1.52. The molecule has 0 fully saturated rings. The first-order valence-corrected chi connectivity index (χ1v) is 7.93. The fourth-order valence-electron chi connectivity index (χ4n) is 2.52. The van der Waals surface area contributed by atoms with Crippen molar-refractivity contribution in [2.75, 3.05) is 11.4 Å². The molecule has 110 valence electrons. The van der Waals surface area contributed by atoms with Gasteiger partial charge in [-0.1, -0.05) is 18.2 Å². The Balaban J connectivity index is 1.97. The molecule has 21 heavy (non-hydrogen) atoms. The van der Waals surface area contributed by atoms with E-state index in [4.69, 9.17) is 0 Å². The molecule has 0 bridgehead atoms. The SMILES string of the molecule is CC(C)(C(=O)O)c1csc(N2CCCc3ccccc32)n1. The number of carboxylic acid groups (broad SMARTS) is 1. The molecular weight excluding hydrogens is 284 g/mol. The third-order valence-corrected chi connectivity index (χ3v) is 4.87. The maximum atomic E-state index is 11.4. The van der Waals surface area contributed by atoms with Crippen LogP contribution in [0.25, 0.3) is 0 Å². The molecule has 0 spiro atoms. The van der Waals surface area contributed by atoms with Gasteiger partial charge in [0.2, 0.25) is 0 Å². The average molecular weight is 302 g/mol. The van der Waals surface area contributed by atoms with Crippen LogP contribution in [0.2, 0.25) is 0 Å². The van der Waals surface area contributed by atoms with E-state index >= 15 is 0 Å². The fourth-order valence-corrected chi connectivity index (χ4v) is 3.55. The van der Waals surface area contributed by atoms with E-state index in [1.807, 2.05) is 11.4 Å². The zero-order valence-corrected chi connectivity index (χ0v) is 13.0. The topological polar surface area (TPSA) is 53.4 Å². The van der Waals surface area contributed by atoms with Crippen molar-refractivity contribution in [1.82, 2.24) is 4.98 Å². The van der Waals surface area contributed by atoms with Gasteiger partial charge in [0.25, 0.3) is 0 Å². The molecule has 1 aliphatic heterocycles. The van der Waals surface area contributed by atoms with Crippen LogP contribution in [0, 0.1) is 0 Å². The van der Waals surface area contributed by atoms with E-state index in [0.717, 1.165) is 24.5 Å². The van der Waals surface area contributed by atoms with E-state index in [0.29, 0.717) is 5.69 Å². The number of carbonyl (C=O) groups is 1. The number of aryl methyl sites for hydroxylation is 1. The number of hydrogen-bond donors (Lipinski definition) is 1. The summed E-state index contributed by atoms with van der Waals surface area (Å²) in [5, 5.41) is 12.1. The summed E-state index contributed by atoms with van der Waals surface area (Å²) in [6.45, 7) is 4.31. The van der Waals surface area contributed by atoms with Crippen molar-refractivity contribution in [2.24, 2.45) is 0 Å². The normalized spacial score (nSPS) is 14.9. The predicted octanol–water partition coefficient (Wildman–Crippen LogP) is 3.59. The molecule has 1 aliphatic rings. The molecule has 5 heteroatoms. The molecule has 0 saturated carbocycles. The van der Waals surface area contributed by atoms with E-state index in [1.165, 1.54) is 22.6 Å². The Morgan fingerprint density at radius 3 is 2.90 bits per heavy atom. The minimum atomic E-state index is -0.954. The number of hydrogen-bond acceptors (Lipinski definition) is 4. The van der Waals surface area contributed by atoms with Crippen LogP contribution in [0.4, 0.5) is 10.8 Å². The first-order valence-electron chi connectivity index (χ1n) is 7.05. The molecule has 2 aromatic rings. The van der Waals surface area contributed by atoms with Crippen molar-refractivity contribution >= 4 is 28.1 Å². The zero-order chi connectivity index (χ0) is 15.0. The summed E-state index contributed by atoms with van der Waals surface area (Å²) in [6.07, 6.45) is 2.18. The highest BCUT2D eigenvalue weighted by molar-refractivity contribution is 7.13. The second-order valence-electron chi connectivity index (χ2n) is 5.83. The van der Waals surface area contributed by atoms with Gasteiger partial charge in [0.05, 0.1) is 5.69 Å². The van der Waals surface area contributed by atoms with Gasteiger partial charge < -0.3 is 10.0 Å². The van der Waals surface area contributed by atoms with Gasteiger partial charge in [-0.3, -0.25) is 4.79 Å². The Hall–Kier alpha value is -1.88. The number of nitrogens with zero attached hydrogens (tertiary/aromatic N) is 2. The lowest BCUT2D eigenvalue weighted by molar-refractivity contribution is -0.142. The Morgan fingerprint density at radius 2 is 2.14 bits per heavy atom. The third-order valence-electron chi connectivity index (χ3n) is 4.01. The molecule has 0 aliphatic carbocycles. The zero-order valence-electron chi connectivity index (χ0n) is 12.2. The van der Waals surface area contributed by atoms with Crippen molar-refractivity contribution in [3.05, 3.63) is 40.9 Å². The lowest BCUT2D eigenvalue weighted by atomic mass is 9.90. The number of para-hydroxylation sites is 1. The summed E-state index contributed by atoms with van der Waals surface area (Å²) < 4.78 is 0. The van der Waals surface area contributed by atoms with Gasteiger partial charge in [-0.2, -0.15) is 0 Å². The van der Waals surface area contributed by atoms with Crippen LogP contribution in [0.15, 0.2) is 29.6 Å². The average Bonchev–Trinajstić information content (AvgIpc) is 2.97. The first-order chi connectivity index (χ1) is 10.00. The van der Waals surface area contributed by atoms with E-state index in [2.05, 4.69) is 28.1 Å². The molecule has 0 saturated heterocycles. The summed E-state index contributed by atoms with van der Waals surface area (Å²) in [5.41, 5.74) is 2.19. The van der Waals surface area contributed by atoms with Crippen molar-refractivity contribution in [2.45, 2.75) is 32.1 Å². The monoisotopic (exact) mass is 302 g/mol. The van der Waals surface area contributed by atoms with Crippen molar-refractivity contribution < 1.29 is 9.90 Å². The molecule has 4 nitrogen and oxygen atoms in total. The number of thiazole rings is 1. The van der Waals surface area contributed by atoms with Crippen LogP contribution in [-0.4, -0.2) is 22.6 Å².